The Morgan fingerprint density at radius 2 is 1.82 bits per heavy atom. The second-order valence-corrected chi connectivity index (χ2v) is 5.83. The monoisotopic (exact) mass is 297 g/mol. The molecule has 0 spiro atoms. The molecule has 1 aliphatic rings. The fourth-order valence-corrected chi connectivity index (χ4v) is 3.28. The topological polar surface area (TPSA) is 47.0 Å². The number of piperidine rings is 1. The van der Waals surface area contributed by atoms with Crippen molar-refractivity contribution in [3.63, 3.8) is 0 Å². The summed E-state index contributed by atoms with van der Waals surface area (Å²) < 4.78 is 5.43. The summed E-state index contributed by atoms with van der Waals surface area (Å²) in [6, 6.07) is 8.29. The first-order chi connectivity index (χ1) is 10.7. The summed E-state index contributed by atoms with van der Waals surface area (Å²) >= 11 is 0. The highest BCUT2D eigenvalue weighted by atomic mass is 16.5. The Bertz CT molecular complexity index is 640. The summed E-state index contributed by atoms with van der Waals surface area (Å²) in [5.74, 6) is 1.55. The maximum atomic E-state index is 5.43. The van der Waals surface area contributed by atoms with Gasteiger partial charge in [0.15, 0.2) is 5.82 Å². The van der Waals surface area contributed by atoms with Gasteiger partial charge in [0.25, 0.3) is 0 Å². The van der Waals surface area contributed by atoms with Crippen molar-refractivity contribution in [3.8, 4) is 17.1 Å². The van der Waals surface area contributed by atoms with Crippen molar-refractivity contribution < 1.29 is 4.74 Å². The van der Waals surface area contributed by atoms with Crippen LogP contribution in [0.1, 0.15) is 42.3 Å². The molecule has 0 radical (unpaired) electrons. The molecule has 1 atom stereocenters. The zero-order chi connectivity index (χ0) is 15.5. The summed E-state index contributed by atoms with van der Waals surface area (Å²) in [6.07, 6.45) is 3.69. The van der Waals surface area contributed by atoms with Crippen molar-refractivity contribution in [2.24, 2.45) is 0 Å². The van der Waals surface area contributed by atoms with Crippen molar-refractivity contribution in [2.45, 2.75) is 39.2 Å². The number of benzene rings is 1. The number of para-hydroxylation sites is 1. The maximum absolute atomic E-state index is 5.43. The van der Waals surface area contributed by atoms with Gasteiger partial charge >= 0.3 is 0 Å². The van der Waals surface area contributed by atoms with E-state index in [1.54, 1.807) is 7.11 Å². The molecule has 1 aliphatic heterocycles. The fourth-order valence-electron chi connectivity index (χ4n) is 3.28. The molecule has 3 rings (SSSR count). The van der Waals surface area contributed by atoms with Crippen molar-refractivity contribution in [2.75, 3.05) is 13.7 Å². The molecule has 0 amide bonds. The molecule has 1 unspecified atom stereocenters. The molecular weight excluding hydrogens is 274 g/mol. The van der Waals surface area contributed by atoms with Crippen LogP contribution in [-0.4, -0.2) is 23.6 Å². The van der Waals surface area contributed by atoms with Crippen LogP contribution in [-0.2, 0) is 0 Å². The fraction of sp³-hybridized carbons (Fsp3) is 0.444. The molecule has 2 heterocycles. The van der Waals surface area contributed by atoms with Gasteiger partial charge in [-0.05, 0) is 45.4 Å². The smallest absolute Gasteiger partial charge is 0.163 e. The molecule has 1 saturated heterocycles. The predicted molar refractivity (Wildman–Crippen MR) is 88.1 cm³/mol. The molecule has 4 heteroatoms. The van der Waals surface area contributed by atoms with E-state index in [1.165, 1.54) is 24.8 Å². The van der Waals surface area contributed by atoms with E-state index in [4.69, 9.17) is 14.7 Å². The Balaban J connectivity index is 2.02. The molecule has 1 N–H and O–H groups in total. The van der Waals surface area contributed by atoms with Gasteiger partial charge in [0.1, 0.15) is 5.75 Å². The average molecular weight is 297 g/mol. The van der Waals surface area contributed by atoms with Crippen LogP contribution in [0, 0.1) is 13.8 Å². The van der Waals surface area contributed by atoms with Crippen molar-refractivity contribution >= 4 is 0 Å². The average Bonchev–Trinajstić information content (AvgIpc) is 2.55. The van der Waals surface area contributed by atoms with Gasteiger partial charge in [-0.3, -0.25) is 0 Å². The summed E-state index contributed by atoms with van der Waals surface area (Å²) in [5.41, 5.74) is 4.33. The molecule has 0 saturated carbocycles. The summed E-state index contributed by atoms with van der Waals surface area (Å²) in [5, 5.41) is 3.59. The number of nitrogens with zero attached hydrogens (tertiary/aromatic N) is 2. The van der Waals surface area contributed by atoms with Crippen LogP contribution in [0.2, 0.25) is 0 Å². The zero-order valence-electron chi connectivity index (χ0n) is 13.5. The Morgan fingerprint density at radius 1 is 1.09 bits per heavy atom. The first kappa shape index (κ1) is 15.0. The third-order valence-electron chi connectivity index (χ3n) is 4.33. The molecule has 1 fully saturated rings. The van der Waals surface area contributed by atoms with Crippen LogP contribution >= 0.6 is 0 Å². The summed E-state index contributed by atoms with van der Waals surface area (Å²) in [7, 11) is 1.68. The van der Waals surface area contributed by atoms with Crippen LogP contribution in [0.3, 0.4) is 0 Å². The van der Waals surface area contributed by atoms with Gasteiger partial charge in [0, 0.05) is 23.0 Å². The molecule has 2 aromatic rings. The third kappa shape index (κ3) is 2.83. The molecule has 1 aromatic heterocycles. The highest BCUT2D eigenvalue weighted by Gasteiger charge is 2.21. The maximum Gasteiger partial charge on any atom is 0.163 e. The minimum atomic E-state index is 0.389. The second kappa shape index (κ2) is 6.44. The van der Waals surface area contributed by atoms with Crippen molar-refractivity contribution in [1.82, 2.24) is 15.3 Å². The Labute approximate surface area is 132 Å². The van der Waals surface area contributed by atoms with E-state index in [0.29, 0.717) is 6.04 Å². The van der Waals surface area contributed by atoms with Gasteiger partial charge in [-0.1, -0.05) is 18.6 Å². The molecule has 22 heavy (non-hydrogen) atoms. The van der Waals surface area contributed by atoms with Gasteiger partial charge in [0.2, 0.25) is 0 Å². The molecule has 1 aromatic carbocycles. The van der Waals surface area contributed by atoms with Gasteiger partial charge in [-0.2, -0.15) is 0 Å². The van der Waals surface area contributed by atoms with Gasteiger partial charge in [-0.15, -0.1) is 0 Å². The Hall–Kier alpha value is -1.94. The summed E-state index contributed by atoms with van der Waals surface area (Å²) in [6.45, 7) is 5.25. The van der Waals surface area contributed by atoms with Crippen LogP contribution in [0.5, 0.6) is 5.75 Å². The van der Waals surface area contributed by atoms with Gasteiger partial charge in [-0.25, -0.2) is 9.97 Å². The molecule has 4 nitrogen and oxygen atoms in total. The van der Waals surface area contributed by atoms with E-state index < -0.39 is 0 Å². The highest BCUT2D eigenvalue weighted by Crippen LogP contribution is 2.31. The van der Waals surface area contributed by atoms with E-state index in [2.05, 4.69) is 19.2 Å². The first-order valence-corrected chi connectivity index (χ1v) is 7.92. The highest BCUT2D eigenvalue weighted by molar-refractivity contribution is 5.64. The zero-order valence-corrected chi connectivity index (χ0v) is 13.5. The number of ether oxygens (including phenoxy) is 1. The lowest BCUT2D eigenvalue weighted by Crippen LogP contribution is -2.28. The molecular formula is C18H23N3O. The number of rotatable bonds is 3. The largest absolute Gasteiger partial charge is 0.496 e. The second-order valence-electron chi connectivity index (χ2n) is 5.83. The van der Waals surface area contributed by atoms with Crippen LogP contribution in [0.4, 0.5) is 0 Å². The molecule has 116 valence electrons. The number of hydrogen-bond acceptors (Lipinski definition) is 4. The van der Waals surface area contributed by atoms with Crippen LogP contribution in [0.25, 0.3) is 11.4 Å². The van der Waals surface area contributed by atoms with Gasteiger partial charge in [0.05, 0.1) is 12.7 Å². The van der Waals surface area contributed by atoms with Crippen molar-refractivity contribution in [1.29, 1.82) is 0 Å². The lowest BCUT2D eigenvalue weighted by molar-refractivity contribution is 0.407. The van der Waals surface area contributed by atoms with Crippen LogP contribution < -0.4 is 10.1 Å². The van der Waals surface area contributed by atoms with E-state index in [0.717, 1.165) is 35.1 Å². The lowest BCUT2D eigenvalue weighted by atomic mass is 9.95. The number of aryl methyl sites for hydroxylation is 2. The summed E-state index contributed by atoms with van der Waals surface area (Å²) in [4.78, 5) is 9.51. The van der Waals surface area contributed by atoms with Crippen LogP contribution in [0.15, 0.2) is 24.3 Å². The SMILES string of the molecule is COc1ccccc1-c1nc(C)c(C2CCCCN2)c(C)n1. The minimum absolute atomic E-state index is 0.389. The standard InChI is InChI=1S/C18H23N3O/c1-12-17(15-9-6-7-11-19-15)13(2)21-18(20-12)14-8-4-5-10-16(14)22-3/h4-5,8,10,15,19H,6-7,9,11H2,1-3H3. The number of aromatic nitrogens is 2. The number of hydrogen-bond donors (Lipinski definition) is 1. The van der Waals surface area contributed by atoms with E-state index in [9.17, 15) is 0 Å². The normalized spacial score (nSPS) is 18.2. The first-order valence-electron chi connectivity index (χ1n) is 7.92. The minimum Gasteiger partial charge on any atom is -0.496 e. The number of methoxy groups -OCH3 is 1. The molecule has 0 bridgehead atoms. The third-order valence-corrected chi connectivity index (χ3v) is 4.33. The molecule has 0 aliphatic carbocycles. The Morgan fingerprint density at radius 3 is 2.45 bits per heavy atom. The number of nitrogens with one attached hydrogen (secondary N) is 1. The van der Waals surface area contributed by atoms with E-state index >= 15 is 0 Å². The lowest BCUT2D eigenvalue weighted by Gasteiger charge is -2.26. The Kier molecular flexibility index (Phi) is 4.39. The van der Waals surface area contributed by atoms with E-state index in [-0.39, 0.29) is 0 Å². The van der Waals surface area contributed by atoms with Crippen molar-refractivity contribution in [3.05, 3.63) is 41.2 Å². The quantitative estimate of drug-likeness (QED) is 0.940. The van der Waals surface area contributed by atoms with Gasteiger partial charge < -0.3 is 10.1 Å². The van der Waals surface area contributed by atoms with E-state index in [1.807, 2.05) is 24.3 Å². The predicted octanol–water partition coefficient (Wildman–Crippen LogP) is 3.58.